The van der Waals surface area contributed by atoms with Crippen molar-refractivity contribution in [3.63, 3.8) is 0 Å². The molecule has 1 aromatic rings. The Kier molecular flexibility index (Phi) is 4.88. The van der Waals surface area contributed by atoms with E-state index in [0.717, 1.165) is 22.5 Å². The molecule has 19 heavy (non-hydrogen) atoms. The van der Waals surface area contributed by atoms with Crippen molar-refractivity contribution in [1.29, 1.82) is 0 Å². The lowest BCUT2D eigenvalue weighted by Gasteiger charge is -2.36. The van der Waals surface area contributed by atoms with E-state index in [0.29, 0.717) is 23.5 Å². The Morgan fingerprint density at radius 1 is 1.26 bits per heavy atom. The van der Waals surface area contributed by atoms with Gasteiger partial charge in [-0.1, -0.05) is 20.8 Å². The van der Waals surface area contributed by atoms with Gasteiger partial charge in [-0.15, -0.1) is 11.3 Å². The first-order valence-electron chi connectivity index (χ1n) is 7.13. The monoisotopic (exact) mass is 342 g/mol. The number of Topliss-reactive ketones (excluding diaryl/α,β-unsaturated/α-hetero) is 1. The summed E-state index contributed by atoms with van der Waals surface area (Å²) in [5.74, 6) is 1.54. The predicted octanol–water partition coefficient (Wildman–Crippen LogP) is 5.47. The van der Waals surface area contributed by atoms with E-state index in [1.54, 1.807) is 11.3 Å². The number of hydrogen-bond donors (Lipinski definition) is 0. The average Bonchev–Trinajstić information content (AvgIpc) is 2.74. The number of halogens is 1. The van der Waals surface area contributed by atoms with Gasteiger partial charge in [0.1, 0.15) is 5.78 Å². The molecule has 0 saturated heterocycles. The molecule has 2 rings (SSSR count). The van der Waals surface area contributed by atoms with Crippen LogP contribution < -0.4 is 0 Å². The van der Waals surface area contributed by atoms with Gasteiger partial charge in [0, 0.05) is 17.2 Å². The van der Waals surface area contributed by atoms with Gasteiger partial charge >= 0.3 is 0 Å². The van der Waals surface area contributed by atoms with Crippen LogP contribution in [0.3, 0.4) is 0 Å². The van der Waals surface area contributed by atoms with Gasteiger partial charge in [-0.25, -0.2) is 0 Å². The van der Waals surface area contributed by atoms with Gasteiger partial charge in [-0.2, -0.15) is 0 Å². The van der Waals surface area contributed by atoms with Crippen LogP contribution in [0.1, 0.15) is 51.3 Å². The molecule has 3 heteroatoms. The van der Waals surface area contributed by atoms with Gasteiger partial charge in [0.2, 0.25) is 0 Å². The van der Waals surface area contributed by atoms with Gasteiger partial charge < -0.3 is 0 Å². The Morgan fingerprint density at radius 2 is 1.89 bits per heavy atom. The minimum absolute atomic E-state index is 0.305. The molecule has 0 aliphatic heterocycles. The van der Waals surface area contributed by atoms with Gasteiger partial charge in [-0.05, 0) is 65.1 Å². The molecule has 0 atom stereocenters. The smallest absolute Gasteiger partial charge is 0.141 e. The fraction of sp³-hybridized carbons (Fsp3) is 0.688. The second kappa shape index (κ2) is 6.09. The number of hydrogen-bond acceptors (Lipinski definition) is 2. The maximum absolute atomic E-state index is 12.3. The minimum atomic E-state index is 0.305. The fourth-order valence-corrected chi connectivity index (χ4v) is 4.54. The Labute approximate surface area is 128 Å². The zero-order chi connectivity index (χ0) is 14.0. The SMILES string of the molecule is CC(C)(C)C1CCC(C(=O)Cc2ccc(Br)s2)CC1. The molecular formula is C16H23BrOS. The van der Waals surface area contributed by atoms with Crippen molar-refractivity contribution in [2.75, 3.05) is 0 Å². The summed E-state index contributed by atoms with van der Waals surface area (Å²) in [4.78, 5) is 13.5. The summed E-state index contributed by atoms with van der Waals surface area (Å²) in [5.41, 5.74) is 0.395. The van der Waals surface area contributed by atoms with Crippen LogP contribution in [-0.2, 0) is 11.2 Å². The second-order valence-electron chi connectivity index (χ2n) is 6.76. The van der Waals surface area contributed by atoms with Gasteiger partial charge in [-0.3, -0.25) is 4.79 Å². The molecular weight excluding hydrogens is 320 g/mol. The lowest BCUT2D eigenvalue weighted by molar-refractivity contribution is -0.123. The normalized spacial score (nSPS) is 24.4. The molecule has 0 aromatic carbocycles. The third-order valence-electron chi connectivity index (χ3n) is 4.38. The quantitative estimate of drug-likeness (QED) is 0.711. The highest BCUT2D eigenvalue weighted by Crippen LogP contribution is 2.40. The molecule has 1 aliphatic carbocycles. The molecule has 106 valence electrons. The first kappa shape index (κ1) is 15.2. The largest absolute Gasteiger partial charge is 0.299 e. The van der Waals surface area contributed by atoms with E-state index in [-0.39, 0.29) is 0 Å². The molecule has 1 fully saturated rings. The maximum atomic E-state index is 12.3. The van der Waals surface area contributed by atoms with Crippen molar-refractivity contribution < 1.29 is 4.79 Å². The summed E-state index contributed by atoms with van der Waals surface area (Å²) in [6, 6.07) is 4.09. The zero-order valence-corrected chi connectivity index (χ0v) is 14.4. The molecule has 0 bridgehead atoms. The van der Waals surface area contributed by atoms with Gasteiger partial charge in [0.15, 0.2) is 0 Å². The lowest BCUT2D eigenvalue weighted by Crippen LogP contribution is -2.29. The van der Waals surface area contributed by atoms with Crippen LogP contribution in [0.5, 0.6) is 0 Å². The van der Waals surface area contributed by atoms with Crippen LogP contribution in [0.15, 0.2) is 15.9 Å². The predicted molar refractivity (Wildman–Crippen MR) is 85.6 cm³/mol. The highest BCUT2D eigenvalue weighted by atomic mass is 79.9. The molecule has 1 aliphatic rings. The lowest BCUT2D eigenvalue weighted by atomic mass is 9.69. The van der Waals surface area contributed by atoms with Crippen molar-refractivity contribution in [3.05, 3.63) is 20.8 Å². The molecule has 0 radical (unpaired) electrons. The standard InChI is InChI=1S/C16H23BrOS/c1-16(2,3)12-6-4-11(5-7-12)14(18)10-13-8-9-15(17)19-13/h8-9,11-12H,4-7,10H2,1-3H3. The minimum Gasteiger partial charge on any atom is -0.299 e. The summed E-state index contributed by atoms with van der Waals surface area (Å²) < 4.78 is 1.12. The van der Waals surface area contributed by atoms with Gasteiger partial charge in [0.25, 0.3) is 0 Å². The van der Waals surface area contributed by atoms with Crippen LogP contribution in [-0.4, -0.2) is 5.78 Å². The van der Waals surface area contributed by atoms with Crippen LogP contribution >= 0.6 is 27.3 Å². The Morgan fingerprint density at radius 3 is 2.37 bits per heavy atom. The molecule has 1 aromatic heterocycles. The number of rotatable bonds is 3. The van der Waals surface area contributed by atoms with E-state index < -0.39 is 0 Å². The van der Waals surface area contributed by atoms with E-state index in [1.807, 2.05) is 6.07 Å². The van der Waals surface area contributed by atoms with Crippen molar-refractivity contribution >= 4 is 33.0 Å². The van der Waals surface area contributed by atoms with E-state index in [4.69, 9.17) is 0 Å². The van der Waals surface area contributed by atoms with E-state index >= 15 is 0 Å². The van der Waals surface area contributed by atoms with Crippen LogP contribution in [0.4, 0.5) is 0 Å². The maximum Gasteiger partial charge on any atom is 0.141 e. The summed E-state index contributed by atoms with van der Waals surface area (Å²) in [6.45, 7) is 6.97. The number of carbonyl (C=O) groups is 1. The Hall–Kier alpha value is -0.150. The topological polar surface area (TPSA) is 17.1 Å². The van der Waals surface area contributed by atoms with Crippen LogP contribution in [0.2, 0.25) is 0 Å². The summed E-state index contributed by atoms with van der Waals surface area (Å²) in [6.07, 6.45) is 5.24. The van der Waals surface area contributed by atoms with Crippen LogP contribution in [0, 0.1) is 17.3 Å². The van der Waals surface area contributed by atoms with Crippen molar-refractivity contribution in [3.8, 4) is 0 Å². The number of carbonyl (C=O) groups excluding carboxylic acids is 1. The molecule has 0 N–H and O–H groups in total. The molecule has 1 nitrogen and oxygen atoms in total. The molecule has 0 amide bonds. The molecule has 1 saturated carbocycles. The number of ketones is 1. The fourth-order valence-electron chi connectivity index (χ4n) is 3.04. The van der Waals surface area contributed by atoms with Gasteiger partial charge in [0.05, 0.1) is 3.79 Å². The summed E-state index contributed by atoms with van der Waals surface area (Å²) in [5, 5.41) is 0. The summed E-state index contributed by atoms with van der Waals surface area (Å²) >= 11 is 5.14. The zero-order valence-electron chi connectivity index (χ0n) is 12.0. The summed E-state index contributed by atoms with van der Waals surface area (Å²) in [7, 11) is 0. The van der Waals surface area contributed by atoms with E-state index in [2.05, 4.69) is 42.8 Å². The third kappa shape index (κ3) is 4.16. The van der Waals surface area contributed by atoms with Crippen molar-refractivity contribution in [2.24, 2.45) is 17.3 Å². The molecule has 1 heterocycles. The number of thiophene rings is 1. The Balaban J connectivity index is 1.86. The average molecular weight is 343 g/mol. The second-order valence-corrected chi connectivity index (χ2v) is 9.31. The van der Waals surface area contributed by atoms with Crippen molar-refractivity contribution in [2.45, 2.75) is 52.9 Å². The van der Waals surface area contributed by atoms with Crippen molar-refractivity contribution in [1.82, 2.24) is 0 Å². The van der Waals surface area contributed by atoms with Crippen LogP contribution in [0.25, 0.3) is 0 Å². The highest BCUT2D eigenvalue weighted by Gasteiger charge is 2.32. The third-order valence-corrected chi connectivity index (χ3v) is 6.01. The highest BCUT2D eigenvalue weighted by molar-refractivity contribution is 9.11. The first-order valence-corrected chi connectivity index (χ1v) is 8.74. The molecule has 0 spiro atoms. The first-order chi connectivity index (χ1) is 8.86. The Bertz CT molecular complexity index is 436. The molecule has 0 unspecified atom stereocenters. The van der Waals surface area contributed by atoms with E-state index in [1.165, 1.54) is 17.7 Å². The van der Waals surface area contributed by atoms with E-state index in [9.17, 15) is 4.79 Å².